The Hall–Kier alpha value is -1.31. The predicted octanol–water partition coefficient (Wildman–Crippen LogP) is 3.90. The van der Waals surface area contributed by atoms with Crippen LogP contribution in [-0.2, 0) is 6.42 Å². The molecule has 0 atom stereocenters. The Labute approximate surface area is 97.3 Å². The van der Waals surface area contributed by atoms with Crippen molar-refractivity contribution in [1.29, 1.82) is 0 Å². The van der Waals surface area contributed by atoms with Crippen LogP contribution in [0.4, 0.5) is 0 Å². The summed E-state index contributed by atoms with van der Waals surface area (Å²) < 4.78 is 0. The van der Waals surface area contributed by atoms with Crippen LogP contribution in [0, 0.1) is 0 Å². The molecule has 0 aliphatic rings. The van der Waals surface area contributed by atoms with E-state index in [-0.39, 0.29) is 0 Å². The summed E-state index contributed by atoms with van der Waals surface area (Å²) in [7, 11) is 0. The first-order valence-electron chi connectivity index (χ1n) is 6.06. The molecular formula is C14H20O2. The van der Waals surface area contributed by atoms with E-state index < -0.39 is 5.97 Å². The molecule has 0 aliphatic carbocycles. The molecule has 1 N–H and O–H groups in total. The molecule has 1 rings (SSSR count). The number of rotatable bonds is 7. The van der Waals surface area contributed by atoms with Crippen molar-refractivity contribution in [2.75, 3.05) is 0 Å². The fraction of sp³-hybridized carbons (Fsp3) is 0.500. The Morgan fingerprint density at radius 3 is 2.62 bits per heavy atom. The second-order valence-electron chi connectivity index (χ2n) is 4.17. The zero-order valence-corrected chi connectivity index (χ0v) is 9.91. The van der Waals surface area contributed by atoms with Gasteiger partial charge in [-0.1, -0.05) is 44.7 Å². The number of carboxylic acid groups (broad SMARTS) is 1. The van der Waals surface area contributed by atoms with Crippen molar-refractivity contribution in [3.63, 3.8) is 0 Å². The van der Waals surface area contributed by atoms with Crippen LogP contribution in [0.3, 0.4) is 0 Å². The van der Waals surface area contributed by atoms with Crippen LogP contribution in [0.15, 0.2) is 24.3 Å². The van der Waals surface area contributed by atoms with Gasteiger partial charge in [0.05, 0.1) is 5.56 Å². The minimum absolute atomic E-state index is 0.394. The Kier molecular flexibility index (Phi) is 5.62. The smallest absolute Gasteiger partial charge is 0.335 e. The van der Waals surface area contributed by atoms with Gasteiger partial charge in [0.15, 0.2) is 0 Å². The van der Waals surface area contributed by atoms with E-state index in [1.54, 1.807) is 12.1 Å². The molecule has 88 valence electrons. The number of aromatic carboxylic acids is 1. The second kappa shape index (κ2) is 7.04. The summed E-state index contributed by atoms with van der Waals surface area (Å²) in [5.41, 5.74) is 1.53. The molecule has 2 heteroatoms. The molecule has 1 aromatic carbocycles. The molecule has 0 amide bonds. The van der Waals surface area contributed by atoms with E-state index in [9.17, 15) is 4.79 Å². The molecule has 0 unspecified atom stereocenters. The molecule has 0 spiro atoms. The monoisotopic (exact) mass is 220 g/mol. The van der Waals surface area contributed by atoms with Gasteiger partial charge in [0.1, 0.15) is 0 Å². The molecule has 0 saturated heterocycles. The van der Waals surface area contributed by atoms with Gasteiger partial charge in [-0.2, -0.15) is 0 Å². The first kappa shape index (κ1) is 12.8. The average Bonchev–Trinajstić information content (AvgIpc) is 2.29. The predicted molar refractivity (Wildman–Crippen MR) is 65.9 cm³/mol. The third-order valence-corrected chi connectivity index (χ3v) is 2.74. The lowest BCUT2D eigenvalue weighted by Crippen LogP contribution is -1.97. The normalized spacial score (nSPS) is 10.3. The highest BCUT2D eigenvalue weighted by Crippen LogP contribution is 2.11. The van der Waals surface area contributed by atoms with Gasteiger partial charge in [-0.25, -0.2) is 4.79 Å². The largest absolute Gasteiger partial charge is 0.478 e. The SMILES string of the molecule is CCCCCCCc1cccc(C(=O)O)c1. The number of carbonyl (C=O) groups is 1. The first-order chi connectivity index (χ1) is 7.74. The van der Waals surface area contributed by atoms with Crippen molar-refractivity contribution < 1.29 is 9.90 Å². The van der Waals surface area contributed by atoms with Crippen LogP contribution in [0.25, 0.3) is 0 Å². The number of carboxylic acids is 1. The molecule has 0 aliphatic heterocycles. The van der Waals surface area contributed by atoms with Crippen LogP contribution in [0.2, 0.25) is 0 Å². The molecule has 0 aromatic heterocycles. The van der Waals surface area contributed by atoms with E-state index in [0.717, 1.165) is 18.4 Å². The highest BCUT2D eigenvalue weighted by molar-refractivity contribution is 5.87. The van der Waals surface area contributed by atoms with Gasteiger partial charge >= 0.3 is 5.97 Å². The van der Waals surface area contributed by atoms with E-state index in [0.29, 0.717) is 5.56 Å². The number of unbranched alkanes of at least 4 members (excludes halogenated alkanes) is 4. The number of hydrogen-bond acceptors (Lipinski definition) is 1. The summed E-state index contributed by atoms with van der Waals surface area (Å²) in [6.45, 7) is 2.20. The molecule has 1 aromatic rings. The summed E-state index contributed by atoms with van der Waals surface area (Å²) in [4.78, 5) is 10.8. The highest BCUT2D eigenvalue weighted by atomic mass is 16.4. The van der Waals surface area contributed by atoms with E-state index in [1.807, 2.05) is 12.1 Å². The standard InChI is InChI=1S/C14H20O2/c1-2-3-4-5-6-8-12-9-7-10-13(11-12)14(15)16/h7,9-11H,2-6,8H2,1H3,(H,15,16). The zero-order valence-electron chi connectivity index (χ0n) is 9.91. The number of hydrogen-bond donors (Lipinski definition) is 1. The Morgan fingerprint density at radius 2 is 1.94 bits per heavy atom. The minimum atomic E-state index is -0.840. The maximum absolute atomic E-state index is 10.8. The maximum Gasteiger partial charge on any atom is 0.335 e. The van der Waals surface area contributed by atoms with Crippen LogP contribution in [0.5, 0.6) is 0 Å². The van der Waals surface area contributed by atoms with Crippen molar-refractivity contribution in [3.05, 3.63) is 35.4 Å². The average molecular weight is 220 g/mol. The molecule has 0 bridgehead atoms. The molecule has 0 radical (unpaired) electrons. The van der Waals surface area contributed by atoms with Gasteiger partial charge < -0.3 is 5.11 Å². The van der Waals surface area contributed by atoms with Gasteiger partial charge in [0.2, 0.25) is 0 Å². The maximum atomic E-state index is 10.8. The highest BCUT2D eigenvalue weighted by Gasteiger charge is 2.02. The molecule has 0 fully saturated rings. The summed E-state index contributed by atoms with van der Waals surface area (Å²) in [5, 5.41) is 8.85. The van der Waals surface area contributed by atoms with E-state index in [4.69, 9.17) is 5.11 Å². The van der Waals surface area contributed by atoms with Crippen molar-refractivity contribution in [1.82, 2.24) is 0 Å². The minimum Gasteiger partial charge on any atom is -0.478 e. The third-order valence-electron chi connectivity index (χ3n) is 2.74. The fourth-order valence-corrected chi connectivity index (χ4v) is 1.79. The quantitative estimate of drug-likeness (QED) is 0.708. The van der Waals surface area contributed by atoms with Gasteiger partial charge in [-0.05, 0) is 30.5 Å². The van der Waals surface area contributed by atoms with Crippen LogP contribution >= 0.6 is 0 Å². The molecule has 16 heavy (non-hydrogen) atoms. The number of aryl methyl sites for hydroxylation is 1. The topological polar surface area (TPSA) is 37.3 Å². The molecule has 2 nitrogen and oxygen atoms in total. The molecular weight excluding hydrogens is 200 g/mol. The zero-order chi connectivity index (χ0) is 11.8. The van der Waals surface area contributed by atoms with Crippen LogP contribution in [-0.4, -0.2) is 11.1 Å². The second-order valence-corrected chi connectivity index (χ2v) is 4.17. The van der Waals surface area contributed by atoms with Crippen LogP contribution < -0.4 is 0 Å². The lowest BCUT2D eigenvalue weighted by atomic mass is 10.0. The van der Waals surface area contributed by atoms with E-state index in [2.05, 4.69) is 6.92 Å². The van der Waals surface area contributed by atoms with Crippen molar-refractivity contribution in [2.24, 2.45) is 0 Å². The molecule has 0 heterocycles. The van der Waals surface area contributed by atoms with Gasteiger partial charge in [0, 0.05) is 0 Å². The fourth-order valence-electron chi connectivity index (χ4n) is 1.79. The lowest BCUT2D eigenvalue weighted by Gasteiger charge is -2.02. The van der Waals surface area contributed by atoms with Gasteiger partial charge in [-0.15, -0.1) is 0 Å². The molecule has 0 saturated carbocycles. The summed E-state index contributed by atoms with van der Waals surface area (Å²) in [6, 6.07) is 7.25. The van der Waals surface area contributed by atoms with Crippen molar-refractivity contribution in [2.45, 2.75) is 45.4 Å². The van der Waals surface area contributed by atoms with Crippen molar-refractivity contribution in [3.8, 4) is 0 Å². The van der Waals surface area contributed by atoms with Gasteiger partial charge in [0.25, 0.3) is 0 Å². The summed E-state index contributed by atoms with van der Waals surface area (Å²) in [5.74, 6) is -0.840. The van der Waals surface area contributed by atoms with E-state index >= 15 is 0 Å². The first-order valence-corrected chi connectivity index (χ1v) is 6.06. The Balaban J connectivity index is 2.36. The Morgan fingerprint density at radius 1 is 1.19 bits per heavy atom. The third kappa shape index (κ3) is 4.47. The lowest BCUT2D eigenvalue weighted by molar-refractivity contribution is 0.0697. The Bertz CT molecular complexity index is 331. The van der Waals surface area contributed by atoms with Crippen molar-refractivity contribution >= 4 is 5.97 Å². The van der Waals surface area contributed by atoms with Crippen LogP contribution in [0.1, 0.15) is 54.9 Å². The van der Waals surface area contributed by atoms with E-state index in [1.165, 1.54) is 25.7 Å². The summed E-state index contributed by atoms with van der Waals surface area (Å²) >= 11 is 0. The summed E-state index contributed by atoms with van der Waals surface area (Å²) in [6.07, 6.45) is 7.23. The number of benzene rings is 1. The van der Waals surface area contributed by atoms with Gasteiger partial charge in [-0.3, -0.25) is 0 Å².